The van der Waals surface area contributed by atoms with Crippen molar-refractivity contribution in [3.8, 4) is 5.75 Å². The van der Waals surface area contributed by atoms with Gasteiger partial charge in [0.05, 0.1) is 7.11 Å². The second-order valence-corrected chi connectivity index (χ2v) is 8.35. The van der Waals surface area contributed by atoms with Crippen molar-refractivity contribution >= 4 is 15.9 Å². The molecule has 1 aromatic rings. The molecule has 25 heavy (non-hydrogen) atoms. The molecule has 1 rings (SSSR count). The smallest absolute Gasteiger partial charge is 0.251 e. The van der Waals surface area contributed by atoms with Crippen LogP contribution in [-0.4, -0.2) is 59.6 Å². The summed E-state index contributed by atoms with van der Waals surface area (Å²) < 4.78 is 36.4. The molecule has 0 aliphatic carbocycles. The van der Waals surface area contributed by atoms with Gasteiger partial charge in [0, 0.05) is 39.4 Å². The number of nitrogens with zero attached hydrogens (tertiary/aromatic N) is 1. The van der Waals surface area contributed by atoms with Crippen molar-refractivity contribution in [1.29, 1.82) is 0 Å². The average Bonchev–Trinajstić information content (AvgIpc) is 2.56. The highest BCUT2D eigenvalue weighted by molar-refractivity contribution is 7.89. The summed E-state index contributed by atoms with van der Waals surface area (Å²) in [4.78, 5) is 12.2. The predicted octanol–water partition coefficient (Wildman–Crippen LogP) is 1.74. The van der Waals surface area contributed by atoms with Crippen LogP contribution >= 0.6 is 0 Å². The van der Waals surface area contributed by atoms with E-state index in [0.29, 0.717) is 32.1 Å². The lowest BCUT2D eigenvalue weighted by molar-refractivity contribution is 0.0924. The van der Waals surface area contributed by atoms with E-state index < -0.39 is 10.0 Å². The molecule has 142 valence electrons. The second kappa shape index (κ2) is 9.74. The Hall–Kier alpha value is -1.64. The molecule has 1 aromatic carbocycles. The van der Waals surface area contributed by atoms with Gasteiger partial charge in [-0.05, 0) is 30.5 Å². The number of ether oxygens (including phenoxy) is 2. The molecule has 0 spiro atoms. The summed E-state index contributed by atoms with van der Waals surface area (Å²) in [7, 11) is 0.540. The zero-order valence-electron chi connectivity index (χ0n) is 15.5. The van der Waals surface area contributed by atoms with Crippen molar-refractivity contribution < 1.29 is 22.7 Å². The third kappa shape index (κ3) is 6.30. The number of amides is 1. The van der Waals surface area contributed by atoms with Crippen LogP contribution in [0.25, 0.3) is 0 Å². The quantitative estimate of drug-likeness (QED) is 0.633. The number of rotatable bonds is 10. The van der Waals surface area contributed by atoms with Crippen molar-refractivity contribution in [2.75, 3.05) is 41.0 Å². The van der Waals surface area contributed by atoms with Gasteiger partial charge in [0.1, 0.15) is 10.6 Å². The van der Waals surface area contributed by atoms with Crippen molar-refractivity contribution in [1.82, 2.24) is 9.62 Å². The van der Waals surface area contributed by atoms with Gasteiger partial charge in [-0.15, -0.1) is 0 Å². The van der Waals surface area contributed by atoms with Gasteiger partial charge in [-0.2, -0.15) is 0 Å². The van der Waals surface area contributed by atoms with Crippen LogP contribution in [0.4, 0.5) is 0 Å². The summed E-state index contributed by atoms with van der Waals surface area (Å²) >= 11 is 0. The highest BCUT2D eigenvalue weighted by Gasteiger charge is 2.23. The molecule has 0 heterocycles. The number of nitrogens with one attached hydrogen (secondary N) is 1. The first kappa shape index (κ1) is 21.4. The monoisotopic (exact) mass is 372 g/mol. The molecule has 0 radical (unpaired) electrons. The van der Waals surface area contributed by atoms with Crippen LogP contribution in [0.15, 0.2) is 23.1 Å². The molecular formula is C17H28N2O5S. The van der Waals surface area contributed by atoms with Crippen molar-refractivity contribution in [2.24, 2.45) is 5.92 Å². The molecule has 7 nitrogen and oxygen atoms in total. The number of carbonyl (C=O) groups excluding carboxylic acids is 1. The maximum absolute atomic E-state index is 12.4. The van der Waals surface area contributed by atoms with E-state index >= 15 is 0 Å². The Bertz CT molecular complexity index is 672. The van der Waals surface area contributed by atoms with Gasteiger partial charge < -0.3 is 14.8 Å². The molecular weight excluding hydrogens is 344 g/mol. The Morgan fingerprint density at radius 3 is 2.52 bits per heavy atom. The minimum Gasteiger partial charge on any atom is -0.495 e. The molecule has 0 aliphatic rings. The third-order valence-corrected chi connectivity index (χ3v) is 5.22. The maximum atomic E-state index is 12.4. The molecule has 0 bridgehead atoms. The number of methoxy groups -OCH3 is 1. The lowest BCUT2D eigenvalue weighted by Gasteiger charge is -2.15. The molecule has 0 aliphatic heterocycles. The first-order chi connectivity index (χ1) is 11.7. The summed E-state index contributed by atoms with van der Waals surface area (Å²) in [6.45, 7) is 5.87. The minimum absolute atomic E-state index is 0.0343. The van der Waals surface area contributed by atoms with Crippen LogP contribution in [0.2, 0.25) is 0 Å². The first-order valence-corrected chi connectivity index (χ1v) is 9.60. The van der Waals surface area contributed by atoms with Gasteiger partial charge in [0.2, 0.25) is 10.0 Å². The number of benzene rings is 1. The van der Waals surface area contributed by atoms with Gasteiger partial charge in [-0.25, -0.2) is 12.7 Å². The van der Waals surface area contributed by atoms with Gasteiger partial charge >= 0.3 is 0 Å². The Morgan fingerprint density at radius 2 is 1.96 bits per heavy atom. The zero-order valence-corrected chi connectivity index (χ0v) is 16.4. The van der Waals surface area contributed by atoms with E-state index in [1.165, 1.54) is 39.4 Å². The topological polar surface area (TPSA) is 84.9 Å². The van der Waals surface area contributed by atoms with E-state index in [1.54, 1.807) is 0 Å². The number of hydrogen-bond donors (Lipinski definition) is 1. The molecule has 0 unspecified atom stereocenters. The number of sulfonamides is 1. The standard InChI is InChI=1S/C17H28N2O5S/c1-13(2)12-24-10-6-9-18-17(20)14-7-8-15(23-5)16(11-14)25(21,22)19(3)4/h7-8,11,13H,6,9-10,12H2,1-5H3,(H,18,20). The van der Waals surface area contributed by atoms with Crippen LogP contribution < -0.4 is 10.1 Å². The van der Waals surface area contributed by atoms with Crippen LogP contribution in [0, 0.1) is 5.92 Å². The van der Waals surface area contributed by atoms with Crippen LogP contribution in [0.5, 0.6) is 5.75 Å². The Morgan fingerprint density at radius 1 is 1.28 bits per heavy atom. The lowest BCUT2D eigenvalue weighted by atomic mass is 10.2. The summed E-state index contributed by atoms with van der Waals surface area (Å²) in [5, 5.41) is 2.76. The molecule has 0 saturated carbocycles. The van der Waals surface area contributed by atoms with Gasteiger partial charge in [-0.1, -0.05) is 13.8 Å². The summed E-state index contributed by atoms with van der Waals surface area (Å²) in [5.41, 5.74) is 0.268. The van der Waals surface area contributed by atoms with Gasteiger partial charge in [-0.3, -0.25) is 4.79 Å². The molecule has 1 N–H and O–H groups in total. The first-order valence-electron chi connectivity index (χ1n) is 8.16. The van der Waals surface area contributed by atoms with E-state index in [4.69, 9.17) is 9.47 Å². The Labute approximate surface area is 150 Å². The highest BCUT2D eigenvalue weighted by atomic mass is 32.2. The Kier molecular flexibility index (Phi) is 8.34. The molecule has 0 aromatic heterocycles. The van der Waals surface area contributed by atoms with E-state index in [0.717, 1.165) is 4.31 Å². The fourth-order valence-corrected chi connectivity index (χ4v) is 3.09. The van der Waals surface area contributed by atoms with E-state index in [-0.39, 0.29) is 22.1 Å². The largest absolute Gasteiger partial charge is 0.495 e. The molecule has 8 heteroatoms. The van der Waals surface area contributed by atoms with Crippen molar-refractivity contribution in [2.45, 2.75) is 25.2 Å². The van der Waals surface area contributed by atoms with Crippen LogP contribution in [-0.2, 0) is 14.8 Å². The summed E-state index contributed by atoms with van der Waals surface area (Å²) in [5.74, 6) is 0.347. The molecule has 1 amide bonds. The Balaban J connectivity index is 2.74. The van der Waals surface area contributed by atoms with E-state index in [2.05, 4.69) is 19.2 Å². The summed E-state index contributed by atoms with van der Waals surface area (Å²) in [6.07, 6.45) is 0.692. The van der Waals surface area contributed by atoms with Crippen molar-refractivity contribution in [3.63, 3.8) is 0 Å². The predicted molar refractivity (Wildman–Crippen MR) is 96.5 cm³/mol. The number of hydrogen-bond acceptors (Lipinski definition) is 5. The SMILES string of the molecule is COc1ccc(C(=O)NCCCOCC(C)C)cc1S(=O)(=O)N(C)C. The third-order valence-electron chi connectivity index (χ3n) is 3.39. The van der Waals surface area contributed by atoms with Gasteiger partial charge in [0.15, 0.2) is 0 Å². The van der Waals surface area contributed by atoms with E-state index in [9.17, 15) is 13.2 Å². The highest BCUT2D eigenvalue weighted by Crippen LogP contribution is 2.26. The second-order valence-electron chi connectivity index (χ2n) is 6.23. The molecule has 0 saturated heterocycles. The molecule has 0 atom stereocenters. The average molecular weight is 372 g/mol. The van der Waals surface area contributed by atoms with Crippen molar-refractivity contribution in [3.05, 3.63) is 23.8 Å². The minimum atomic E-state index is -3.71. The molecule has 0 fully saturated rings. The number of carbonyl (C=O) groups is 1. The van der Waals surface area contributed by atoms with Crippen LogP contribution in [0.3, 0.4) is 0 Å². The normalized spacial score (nSPS) is 11.8. The van der Waals surface area contributed by atoms with Gasteiger partial charge in [0.25, 0.3) is 5.91 Å². The maximum Gasteiger partial charge on any atom is 0.251 e. The van der Waals surface area contributed by atoms with Crippen LogP contribution in [0.1, 0.15) is 30.6 Å². The lowest BCUT2D eigenvalue weighted by Crippen LogP contribution is -2.27. The summed E-state index contributed by atoms with van der Waals surface area (Å²) in [6, 6.07) is 4.36. The zero-order chi connectivity index (χ0) is 19.0. The van der Waals surface area contributed by atoms with E-state index in [1.807, 2.05) is 0 Å². The fraction of sp³-hybridized carbons (Fsp3) is 0.588. The fourth-order valence-electron chi connectivity index (χ4n) is 2.01.